The molecule has 5 nitrogen and oxygen atoms in total. The molecule has 1 aromatic carbocycles. The molecule has 1 aromatic rings. The highest BCUT2D eigenvalue weighted by molar-refractivity contribution is 5.91. The Hall–Kier alpha value is -2.30. The minimum atomic E-state index is -1.06. The quantitative estimate of drug-likeness (QED) is 0.835. The first-order chi connectivity index (χ1) is 9.48. The number of esters is 1. The van der Waals surface area contributed by atoms with E-state index in [-0.39, 0.29) is 12.8 Å². The second-order valence-corrected chi connectivity index (χ2v) is 4.70. The molecule has 20 heavy (non-hydrogen) atoms. The normalized spacial score (nSPS) is 21.3. The van der Waals surface area contributed by atoms with Crippen LogP contribution < -0.4 is 4.74 Å². The van der Waals surface area contributed by atoms with E-state index in [2.05, 4.69) is 0 Å². The second kappa shape index (κ2) is 5.36. The summed E-state index contributed by atoms with van der Waals surface area (Å²) in [7, 11) is 1.52. The molecule has 2 rings (SSSR count). The highest BCUT2D eigenvalue weighted by Crippen LogP contribution is 2.42. The van der Waals surface area contributed by atoms with E-state index in [1.165, 1.54) is 7.11 Å². The monoisotopic (exact) mass is 276 g/mol. The van der Waals surface area contributed by atoms with E-state index in [1.807, 2.05) is 0 Å². The molecule has 0 saturated carbocycles. The Morgan fingerprint density at radius 3 is 2.65 bits per heavy atom. The van der Waals surface area contributed by atoms with Gasteiger partial charge in [0, 0.05) is 24.0 Å². The molecule has 0 spiro atoms. The van der Waals surface area contributed by atoms with Gasteiger partial charge in [-0.3, -0.25) is 4.79 Å². The van der Waals surface area contributed by atoms with Crippen molar-refractivity contribution in [2.45, 2.75) is 25.4 Å². The average Bonchev–Trinajstić information content (AvgIpc) is 2.73. The van der Waals surface area contributed by atoms with Gasteiger partial charge in [-0.1, -0.05) is 18.2 Å². The second-order valence-electron chi connectivity index (χ2n) is 4.70. The van der Waals surface area contributed by atoms with Crippen LogP contribution in [0, 0.1) is 0 Å². The molecule has 0 unspecified atom stereocenters. The Kier molecular flexibility index (Phi) is 3.79. The van der Waals surface area contributed by atoms with Crippen molar-refractivity contribution in [2.75, 3.05) is 7.11 Å². The van der Waals surface area contributed by atoms with Crippen molar-refractivity contribution < 1.29 is 24.2 Å². The molecule has 0 amide bonds. The number of carbonyl (C=O) groups is 2. The number of carboxylic acids is 1. The van der Waals surface area contributed by atoms with Crippen molar-refractivity contribution in [3.05, 3.63) is 41.5 Å². The number of ether oxygens (including phenoxy) is 2. The average molecular weight is 276 g/mol. The number of carboxylic acid groups (broad SMARTS) is 1. The number of cyclic esters (lactones) is 1. The zero-order valence-electron chi connectivity index (χ0n) is 11.4. The van der Waals surface area contributed by atoms with Crippen LogP contribution in [0.1, 0.15) is 25.3 Å². The van der Waals surface area contributed by atoms with Crippen LogP contribution in [0.15, 0.2) is 35.9 Å². The molecule has 1 heterocycles. The number of rotatable bonds is 5. The maximum absolute atomic E-state index is 11.7. The number of para-hydroxylation sites is 1. The van der Waals surface area contributed by atoms with Crippen LogP contribution in [-0.4, -0.2) is 24.2 Å². The SMILES string of the molecule is COc1ccccc1[C@@]1(CCC(=O)O)C=C(C)C(=O)O1. The van der Waals surface area contributed by atoms with Gasteiger partial charge in [-0.05, 0) is 19.1 Å². The summed E-state index contributed by atoms with van der Waals surface area (Å²) in [5, 5.41) is 8.90. The van der Waals surface area contributed by atoms with Crippen LogP contribution in [-0.2, 0) is 19.9 Å². The third-order valence-corrected chi connectivity index (χ3v) is 3.32. The summed E-state index contributed by atoms with van der Waals surface area (Å²) in [6.07, 6.45) is 1.75. The number of hydrogen-bond donors (Lipinski definition) is 1. The fraction of sp³-hybridized carbons (Fsp3) is 0.333. The molecule has 0 radical (unpaired) electrons. The van der Waals surface area contributed by atoms with Gasteiger partial charge in [-0.15, -0.1) is 0 Å². The molecule has 0 aliphatic carbocycles. The molecule has 0 aromatic heterocycles. The summed E-state index contributed by atoms with van der Waals surface area (Å²) in [5.74, 6) is -0.800. The van der Waals surface area contributed by atoms with Gasteiger partial charge in [-0.25, -0.2) is 4.79 Å². The molecule has 1 atom stereocenters. The lowest BCUT2D eigenvalue weighted by molar-refractivity contribution is -0.150. The maximum atomic E-state index is 11.7. The molecule has 1 aliphatic heterocycles. The molecule has 5 heteroatoms. The number of carbonyl (C=O) groups excluding carboxylic acids is 1. The Balaban J connectivity index is 2.47. The largest absolute Gasteiger partial charge is 0.496 e. The van der Waals surface area contributed by atoms with E-state index in [4.69, 9.17) is 14.6 Å². The zero-order valence-corrected chi connectivity index (χ0v) is 11.4. The first-order valence-corrected chi connectivity index (χ1v) is 6.26. The van der Waals surface area contributed by atoms with Crippen LogP contribution >= 0.6 is 0 Å². The topological polar surface area (TPSA) is 72.8 Å². The number of aliphatic carboxylic acids is 1. The van der Waals surface area contributed by atoms with Crippen molar-refractivity contribution in [2.24, 2.45) is 0 Å². The summed E-state index contributed by atoms with van der Waals surface area (Å²) in [4.78, 5) is 22.6. The van der Waals surface area contributed by atoms with E-state index in [1.54, 1.807) is 37.3 Å². The first kappa shape index (κ1) is 14.1. The smallest absolute Gasteiger partial charge is 0.334 e. The predicted octanol–water partition coefficient (Wildman–Crippen LogP) is 2.26. The van der Waals surface area contributed by atoms with Gasteiger partial charge in [0.2, 0.25) is 0 Å². The zero-order chi connectivity index (χ0) is 14.8. The van der Waals surface area contributed by atoms with Crippen LogP contribution in [0.3, 0.4) is 0 Å². The molecule has 1 aliphatic rings. The number of methoxy groups -OCH3 is 1. The van der Waals surface area contributed by atoms with Gasteiger partial charge in [0.25, 0.3) is 0 Å². The Labute approximate surface area is 116 Å². The van der Waals surface area contributed by atoms with Gasteiger partial charge in [-0.2, -0.15) is 0 Å². The molecule has 0 saturated heterocycles. The van der Waals surface area contributed by atoms with Crippen molar-refractivity contribution in [1.82, 2.24) is 0 Å². The van der Waals surface area contributed by atoms with E-state index in [0.717, 1.165) is 0 Å². The van der Waals surface area contributed by atoms with Crippen molar-refractivity contribution >= 4 is 11.9 Å². The lowest BCUT2D eigenvalue weighted by Gasteiger charge is -2.28. The molecule has 0 fully saturated rings. The lowest BCUT2D eigenvalue weighted by atomic mass is 9.88. The first-order valence-electron chi connectivity index (χ1n) is 6.26. The van der Waals surface area contributed by atoms with Crippen LogP contribution in [0.4, 0.5) is 0 Å². The van der Waals surface area contributed by atoms with Gasteiger partial charge in [0.15, 0.2) is 5.60 Å². The Bertz CT molecular complexity index is 575. The fourth-order valence-corrected chi connectivity index (χ4v) is 2.36. The maximum Gasteiger partial charge on any atom is 0.334 e. The highest BCUT2D eigenvalue weighted by Gasteiger charge is 2.42. The fourth-order valence-electron chi connectivity index (χ4n) is 2.36. The van der Waals surface area contributed by atoms with Gasteiger partial charge in [0.1, 0.15) is 5.75 Å². The third kappa shape index (κ3) is 2.52. The Morgan fingerprint density at radius 1 is 1.40 bits per heavy atom. The lowest BCUT2D eigenvalue weighted by Crippen LogP contribution is -2.27. The van der Waals surface area contributed by atoms with Crippen molar-refractivity contribution in [3.8, 4) is 5.75 Å². The third-order valence-electron chi connectivity index (χ3n) is 3.32. The summed E-state index contributed by atoms with van der Waals surface area (Å²) >= 11 is 0. The summed E-state index contributed by atoms with van der Waals surface area (Å²) < 4.78 is 10.8. The minimum absolute atomic E-state index is 0.102. The van der Waals surface area contributed by atoms with E-state index in [9.17, 15) is 9.59 Å². The predicted molar refractivity (Wildman–Crippen MR) is 71.4 cm³/mol. The molecular formula is C15H16O5. The van der Waals surface area contributed by atoms with E-state index in [0.29, 0.717) is 16.9 Å². The summed E-state index contributed by atoms with van der Waals surface area (Å²) in [6.45, 7) is 1.65. The minimum Gasteiger partial charge on any atom is -0.496 e. The molecule has 106 valence electrons. The molecule has 1 N–H and O–H groups in total. The van der Waals surface area contributed by atoms with E-state index >= 15 is 0 Å². The van der Waals surface area contributed by atoms with Crippen molar-refractivity contribution in [1.29, 1.82) is 0 Å². The van der Waals surface area contributed by atoms with Crippen LogP contribution in [0.25, 0.3) is 0 Å². The summed E-state index contributed by atoms with van der Waals surface area (Å²) in [6, 6.07) is 7.15. The van der Waals surface area contributed by atoms with Crippen molar-refractivity contribution in [3.63, 3.8) is 0 Å². The number of hydrogen-bond acceptors (Lipinski definition) is 4. The van der Waals surface area contributed by atoms with Gasteiger partial charge < -0.3 is 14.6 Å². The summed E-state index contributed by atoms with van der Waals surface area (Å²) in [5.41, 5.74) is 0.0712. The van der Waals surface area contributed by atoms with Gasteiger partial charge in [0.05, 0.1) is 7.11 Å². The van der Waals surface area contributed by atoms with Crippen LogP contribution in [0.5, 0.6) is 5.75 Å². The molecular weight excluding hydrogens is 260 g/mol. The van der Waals surface area contributed by atoms with Crippen LogP contribution in [0.2, 0.25) is 0 Å². The highest BCUT2D eigenvalue weighted by atomic mass is 16.6. The Morgan fingerprint density at radius 2 is 2.10 bits per heavy atom. The standard InChI is InChI=1S/C15H16O5/c1-10-9-15(20-14(10)18,8-7-13(16)17)11-5-3-4-6-12(11)19-2/h3-6,9H,7-8H2,1-2H3,(H,16,17)/t15-/m1/s1. The van der Waals surface area contributed by atoms with Gasteiger partial charge >= 0.3 is 11.9 Å². The van der Waals surface area contributed by atoms with E-state index < -0.39 is 17.5 Å². The molecule has 0 bridgehead atoms. The number of benzene rings is 1.